The van der Waals surface area contributed by atoms with Gasteiger partial charge in [-0.15, -0.1) is 0 Å². The van der Waals surface area contributed by atoms with E-state index in [4.69, 9.17) is 18.9 Å². The highest BCUT2D eigenvalue weighted by Crippen LogP contribution is 2.38. The van der Waals surface area contributed by atoms with Crippen LogP contribution in [-0.4, -0.2) is 40.3 Å². The Balaban J connectivity index is 2.11. The molecule has 0 aliphatic heterocycles. The zero-order chi connectivity index (χ0) is 19.8. The van der Waals surface area contributed by atoms with Crippen LogP contribution >= 0.6 is 0 Å². The summed E-state index contributed by atoms with van der Waals surface area (Å²) in [4.78, 5) is 24.6. The molecular formula is C19H22N2O6. The molecule has 0 aromatic heterocycles. The molecular weight excluding hydrogens is 352 g/mol. The van der Waals surface area contributed by atoms with Crippen LogP contribution in [0.5, 0.6) is 17.2 Å². The molecule has 0 aliphatic carbocycles. The minimum atomic E-state index is -0.532. The number of amides is 2. The van der Waals surface area contributed by atoms with Gasteiger partial charge in [-0.1, -0.05) is 12.1 Å². The molecule has 0 atom stereocenters. The lowest BCUT2D eigenvalue weighted by Gasteiger charge is -2.14. The van der Waals surface area contributed by atoms with Gasteiger partial charge in [0.05, 0.1) is 27.9 Å². The number of methoxy groups -OCH3 is 4. The zero-order valence-corrected chi connectivity index (χ0v) is 15.6. The number of hydrogen-bond donors (Lipinski definition) is 2. The molecule has 0 saturated carbocycles. The van der Waals surface area contributed by atoms with Crippen LogP contribution in [-0.2, 0) is 11.3 Å². The molecule has 2 amide bonds. The predicted octanol–water partition coefficient (Wildman–Crippen LogP) is 1.93. The average Bonchev–Trinajstić information content (AvgIpc) is 2.70. The lowest BCUT2D eigenvalue weighted by molar-refractivity contribution is 0.0846. The van der Waals surface area contributed by atoms with Crippen LogP contribution in [0.1, 0.15) is 26.3 Å². The van der Waals surface area contributed by atoms with E-state index in [0.717, 1.165) is 5.56 Å². The van der Waals surface area contributed by atoms with Gasteiger partial charge in [-0.3, -0.25) is 20.4 Å². The van der Waals surface area contributed by atoms with Crippen LogP contribution in [0.4, 0.5) is 0 Å². The fraction of sp³-hybridized carbons (Fsp3) is 0.263. The number of carbonyl (C=O) groups is 2. The highest BCUT2D eigenvalue weighted by atomic mass is 16.5. The Bertz CT molecular complexity index is 797. The summed E-state index contributed by atoms with van der Waals surface area (Å²) in [7, 11) is 5.95. The summed E-state index contributed by atoms with van der Waals surface area (Å²) in [5, 5.41) is 0. The van der Waals surface area contributed by atoms with Gasteiger partial charge in [-0.05, 0) is 29.8 Å². The highest BCUT2D eigenvalue weighted by Gasteiger charge is 2.17. The normalized spacial score (nSPS) is 10.1. The first-order chi connectivity index (χ1) is 13.0. The standard InChI is InChI=1S/C19H22N2O6/c1-24-11-12-6-5-7-13(8-12)18(22)20-21-19(23)14-9-15(25-2)17(27-4)16(10-14)26-3/h5-10H,11H2,1-4H3,(H,20,22)(H,21,23). The van der Waals surface area contributed by atoms with E-state index >= 15 is 0 Å². The van der Waals surface area contributed by atoms with Crippen LogP contribution in [0.3, 0.4) is 0 Å². The van der Waals surface area contributed by atoms with E-state index < -0.39 is 11.8 Å². The molecule has 2 aromatic carbocycles. The molecule has 8 heteroatoms. The Labute approximate surface area is 157 Å². The van der Waals surface area contributed by atoms with Crippen molar-refractivity contribution in [3.8, 4) is 17.2 Å². The molecule has 0 saturated heterocycles. The Morgan fingerprint density at radius 1 is 0.815 bits per heavy atom. The summed E-state index contributed by atoms with van der Waals surface area (Å²) in [6.45, 7) is 0.388. The van der Waals surface area contributed by atoms with Gasteiger partial charge in [0.2, 0.25) is 5.75 Å². The van der Waals surface area contributed by atoms with Gasteiger partial charge in [-0.25, -0.2) is 0 Å². The fourth-order valence-corrected chi connectivity index (χ4v) is 2.44. The van der Waals surface area contributed by atoms with Gasteiger partial charge in [0, 0.05) is 18.2 Å². The van der Waals surface area contributed by atoms with Crippen LogP contribution in [0.15, 0.2) is 36.4 Å². The molecule has 0 unspecified atom stereocenters. The number of nitrogens with one attached hydrogen (secondary N) is 2. The maximum Gasteiger partial charge on any atom is 0.269 e. The van der Waals surface area contributed by atoms with Gasteiger partial charge >= 0.3 is 0 Å². The van der Waals surface area contributed by atoms with Crippen molar-refractivity contribution in [1.29, 1.82) is 0 Å². The molecule has 27 heavy (non-hydrogen) atoms. The molecule has 0 aliphatic rings. The van der Waals surface area contributed by atoms with Crippen molar-refractivity contribution in [3.05, 3.63) is 53.1 Å². The highest BCUT2D eigenvalue weighted by molar-refractivity contribution is 5.99. The lowest BCUT2D eigenvalue weighted by Crippen LogP contribution is -2.41. The molecule has 2 N–H and O–H groups in total. The predicted molar refractivity (Wildman–Crippen MR) is 98.2 cm³/mol. The van der Waals surface area contributed by atoms with Gasteiger partial charge < -0.3 is 18.9 Å². The third kappa shape index (κ3) is 4.89. The van der Waals surface area contributed by atoms with E-state index in [2.05, 4.69) is 10.9 Å². The second-order valence-electron chi connectivity index (χ2n) is 5.46. The number of benzene rings is 2. The van der Waals surface area contributed by atoms with Crippen molar-refractivity contribution in [2.45, 2.75) is 6.61 Å². The Kier molecular flexibility index (Phi) is 7.01. The Morgan fingerprint density at radius 3 is 1.93 bits per heavy atom. The maximum atomic E-state index is 12.4. The molecule has 144 valence electrons. The van der Waals surface area contributed by atoms with E-state index in [0.29, 0.717) is 29.4 Å². The first-order valence-electron chi connectivity index (χ1n) is 8.02. The maximum absolute atomic E-state index is 12.4. The van der Waals surface area contributed by atoms with Crippen LogP contribution < -0.4 is 25.1 Å². The number of hydrazine groups is 1. The van der Waals surface area contributed by atoms with E-state index in [1.165, 1.54) is 33.5 Å². The average molecular weight is 374 g/mol. The van der Waals surface area contributed by atoms with E-state index in [1.807, 2.05) is 6.07 Å². The van der Waals surface area contributed by atoms with Crippen molar-refractivity contribution in [3.63, 3.8) is 0 Å². The topological polar surface area (TPSA) is 95.1 Å². The van der Waals surface area contributed by atoms with Gasteiger partial charge in [0.25, 0.3) is 11.8 Å². The lowest BCUT2D eigenvalue weighted by atomic mass is 10.1. The van der Waals surface area contributed by atoms with Gasteiger partial charge in [0.15, 0.2) is 11.5 Å². The summed E-state index contributed by atoms with van der Waals surface area (Å²) in [6.07, 6.45) is 0. The largest absolute Gasteiger partial charge is 0.493 e. The fourth-order valence-electron chi connectivity index (χ4n) is 2.44. The third-order valence-electron chi connectivity index (χ3n) is 3.72. The van der Waals surface area contributed by atoms with Crippen LogP contribution in [0.25, 0.3) is 0 Å². The summed E-state index contributed by atoms with van der Waals surface area (Å²) >= 11 is 0. The summed E-state index contributed by atoms with van der Waals surface area (Å²) in [6, 6.07) is 9.88. The summed E-state index contributed by atoms with van der Waals surface area (Å²) < 4.78 is 20.7. The monoisotopic (exact) mass is 374 g/mol. The quantitative estimate of drug-likeness (QED) is 0.719. The van der Waals surface area contributed by atoms with Crippen LogP contribution in [0.2, 0.25) is 0 Å². The Morgan fingerprint density at radius 2 is 1.41 bits per heavy atom. The van der Waals surface area contributed by atoms with Crippen molar-refractivity contribution in [2.75, 3.05) is 28.4 Å². The summed E-state index contributed by atoms with van der Waals surface area (Å²) in [5.41, 5.74) is 6.23. The molecule has 0 heterocycles. The van der Waals surface area contributed by atoms with Crippen molar-refractivity contribution >= 4 is 11.8 Å². The van der Waals surface area contributed by atoms with E-state index in [-0.39, 0.29) is 5.56 Å². The molecule has 2 rings (SSSR count). The first kappa shape index (κ1) is 20.1. The smallest absolute Gasteiger partial charge is 0.269 e. The minimum absolute atomic E-state index is 0.234. The molecule has 0 radical (unpaired) electrons. The summed E-state index contributed by atoms with van der Waals surface area (Å²) in [5.74, 6) is 0.0566. The molecule has 0 fully saturated rings. The number of carbonyl (C=O) groups excluding carboxylic acids is 2. The molecule has 2 aromatic rings. The number of hydrogen-bond acceptors (Lipinski definition) is 6. The molecule has 0 spiro atoms. The van der Waals surface area contributed by atoms with Crippen molar-refractivity contribution < 1.29 is 28.5 Å². The van der Waals surface area contributed by atoms with Crippen LogP contribution in [0, 0.1) is 0 Å². The van der Waals surface area contributed by atoms with Crippen molar-refractivity contribution in [1.82, 2.24) is 10.9 Å². The molecule has 8 nitrogen and oxygen atoms in total. The SMILES string of the molecule is COCc1cccc(C(=O)NNC(=O)c2cc(OC)c(OC)c(OC)c2)c1. The zero-order valence-electron chi connectivity index (χ0n) is 15.6. The first-order valence-corrected chi connectivity index (χ1v) is 8.02. The third-order valence-corrected chi connectivity index (χ3v) is 3.72. The van der Waals surface area contributed by atoms with E-state index in [9.17, 15) is 9.59 Å². The second kappa shape index (κ2) is 9.44. The van der Waals surface area contributed by atoms with Crippen molar-refractivity contribution in [2.24, 2.45) is 0 Å². The molecule has 0 bridgehead atoms. The number of ether oxygens (including phenoxy) is 4. The second-order valence-corrected chi connectivity index (χ2v) is 5.46. The number of rotatable bonds is 7. The Hall–Kier alpha value is -3.26. The minimum Gasteiger partial charge on any atom is -0.493 e. The van der Waals surface area contributed by atoms with Gasteiger partial charge in [0.1, 0.15) is 0 Å². The van der Waals surface area contributed by atoms with E-state index in [1.54, 1.807) is 25.3 Å². The van der Waals surface area contributed by atoms with Gasteiger partial charge in [-0.2, -0.15) is 0 Å².